The van der Waals surface area contributed by atoms with Gasteiger partial charge in [0.15, 0.2) is 5.17 Å². The lowest BCUT2D eigenvalue weighted by Crippen LogP contribution is -2.47. The molecule has 8 heteroatoms. The normalized spacial score (nSPS) is 18.8. The van der Waals surface area contributed by atoms with E-state index in [1.807, 2.05) is 24.3 Å². The Kier molecular flexibility index (Phi) is 5.88. The van der Waals surface area contributed by atoms with Gasteiger partial charge < -0.3 is 9.80 Å². The third kappa shape index (κ3) is 4.33. The van der Waals surface area contributed by atoms with Crippen molar-refractivity contribution in [3.05, 3.63) is 68.0 Å². The van der Waals surface area contributed by atoms with Gasteiger partial charge in [-0.25, -0.2) is 0 Å². The molecule has 0 spiro atoms. The number of nitrogens with zero attached hydrogens (tertiary/aromatic N) is 3. The summed E-state index contributed by atoms with van der Waals surface area (Å²) in [6.45, 7) is 3.29. The van der Waals surface area contributed by atoms with Crippen LogP contribution in [-0.2, 0) is 4.79 Å². The highest BCUT2D eigenvalue weighted by atomic mass is 35.5. The topological polar surface area (TPSA) is 35.9 Å². The van der Waals surface area contributed by atoms with Gasteiger partial charge >= 0.3 is 0 Å². The number of hydrogen-bond acceptors (Lipinski definition) is 4. The highest BCUT2D eigenvalue weighted by molar-refractivity contribution is 8.18. The fraction of sp³-hybridized carbons (Fsp3) is 0.200. The lowest BCUT2D eigenvalue weighted by molar-refractivity contribution is -0.113. The quantitative estimate of drug-likeness (QED) is 0.569. The van der Waals surface area contributed by atoms with E-state index < -0.39 is 0 Å². The number of carbonyl (C=O) groups excluding carboxylic acids is 1. The maximum absolute atomic E-state index is 12.3. The number of piperazine rings is 1. The minimum absolute atomic E-state index is 0.219. The number of carbonyl (C=O) groups is 1. The molecule has 0 unspecified atom stereocenters. The summed E-state index contributed by atoms with van der Waals surface area (Å²) in [5, 5.41) is 2.44. The summed E-state index contributed by atoms with van der Waals surface area (Å²) in [6, 6.07) is 13.2. The van der Waals surface area contributed by atoms with Crippen LogP contribution in [0.1, 0.15) is 5.56 Å². The molecule has 144 valence electrons. The molecule has 28 heavy (non-hydrogen) atoms. The second-order valence-electron chi connectivity index (χ2n) is 6.44. The van der Waals surface area contributed by atoms with Crippen LogP contribution in [0, 0.1) is 0 Å². The van der Waals surface area contributed by atoms with Crippen molar-refractivity contribution in [1.29, 1.82) is 0 Å². The second-order valence-corrected chi connectivity index (χ2v) is 8.70. The molecule has 4 nitrogen and oxygen atoms in total. The summed E-state index contributed by atoms with van der Waals surface area (Å²) in [6.07, 6.45) is 1.80. The monoisotopic (exact) mass is 451 g/mol. The van der Waals surface area contributed by atoms with E-state index in [0.29, 0.717) is 15.0 Å². The first kappa shape index (κ1) is 19.6. The highest BCUT2D eigenvalue weighted by Crippen LogP contribution is 2.32. The minimum atomic E-state index is -0.219. The van der Waals surface area contributed by atoms with Gasteiger partial charge in [-0.3, -0.25) is 4.79 Å². The van der Waals surface area contributed by atoms with Gasteiger partial charge in [0.2, 0.25) is 0 Å². The van der Waals surface area contributed by atoms with Gasteiger partial charge in [-0.1, -0.05) is 46.9 Å². The molecule has 0 aliphatic carbocycles. The van der Waals surface area contributed by atoms with Crippen molar-refractivity contribution in [1.82, 2.24) is 4.90 Å². The molecule has 2 aliphatic rings. The molecule has 2 heterocycles. The number of benzene rings is 2. The van der Waals surface area contributed by atoms with Crippen LogP contribution >= 0.6 is 46.6 Å². The van der Waals surface area contributed by atoms with E-state index in [1.165, 1.54) is 11.8 Å². The van der Waals surface area contributed by atoms with Crippen molar-refractivity contribution in [2.24, 2.45) is 4.99 Å². The molecular formula is C20H16Cl3N3OS. The van der Waals surface area contributed by atoms with Crippen LogP contribution in [0.25, 0.3) is 6.08 Å². The predicted molar refractivity (Wildman–Crippen MR) is 120 cm³/mol. The van der Waals surface area contributed by atoms with Gasteiger partial charge in [0, 0.05) is 36.9 Å². The van der Waals surface area contributed by atoms with Gasteiger partial charge in [0.05, 0.1) is 15.0 Å². The molecule has 2 aromatic rings. The largest absolute Gasteiger partial charge is 0.368 e. The van der Waals surface area contributed by atoms with E-state index in [0.717, 1.165) is 47.6 Å². The van der Waals surface area contributed by atoms with Crippen LogP contribution in [0.15, 0.2) is 52.4 Å². The van der Waals surface area contributed by atoms with Crippen molar-refractivity contribution < 1.29 is 4.79 Å². The predicted octanol–water partition coefficient (Wildman–Crippen LogP) is 5.44. The number of aliphatic imine (C=N–C) groups is 1. The molecule has 0 radical (unpaired) electrons. The van der Waals surface area contributed by atoms with E-state index in [9.17, 15) is 4.79 Å². The Hall–Kier alpha value is -1.66. The maximum Gasteiger partial charge on any atom is 0.286 e. The number of rotatable bonds is 2. The van der Waals surface area contributed by atoms with Crippen molar-refractivity contribution in [2.75, 3.05) is 31.1 Å². The molecule has 0 N–H and O–H groups in total. The Balaban J connectivity index is 1.41. The molecule has 1 amide bonds. The average Bonchev–Trinajstić information content (AvgIpc) is 3.05. The summed E-state index contributed by atoms with van der Waals surface area (Å²) in [5.74, 6) is -0.219. The minimum Gasteiger partial charge on any atom is -0.368 e. The third-order valence-corrected chi connectivity index (χ3v) is 6.59. The molecule has 1 saturated heterocycles. The van der Waals surface area contributed by atoms with Crippen molar-refractivity contribution in [2.45, 2.75) is 0 Å². The zero-order valence-electron chi connectivity index (χ0n) is 14.7. The molecular weight excluding hydrogens is 437 g/mol. The number of amides is 1. The van der Waals surface area contributed by atoms with E-state index in [1.54, 1.807) is 18.2 Å². The molecule has 4 rings (SSSR count). The molecule has 2 aromatic carbocycles. The van der Waals surface area contributed by atoms with Gasteiger partial charge in [0.25, 0.3) is 5.91 Å². The smallest absolute Gasteiger partial charge is 0.286 e. The Morgan fingerprint density at radius 3 is 2.39 bits per heavy atom. The van der Waals surface area contributed by atoms with Gasteiger partial charge in [-0.05, 0) is 53.7 Å². The van der Waals surface area contributed by atoms with E-state index in [4.69, 9.17) is 34.8 Å². The Morgan fingerprint density at radius 2 is 1.68 bits per heavy atom. The van der Waals surface area contributed by atoms with E-state index in [2.05, 4.69) is 20.9 Å². The second kappa shape index (κ2) is 8.37. The fourth-order valence-electron chi connectivity index (χ4n) is 3.12. The summed E-state index contributed by atoms with van der Waals surface area (Å²) in [4.78, 5) is 21.6. The Labute approximate surface area is 182 Å². The number of anilines is 1. The first-order valence-corrected chi connectivity index (χ1v) is 10.7. The number of amidine groups is 1. The molecule has 1 fully saturated rings. The average molecular weight is 453 g/mol. The van der Waals surface area contributed by atoms with Crippen molar-refractivity contribution >= 4 is 69.4 Å². The molecule has 0 atom stereocenters. The molecule has 0 saturated carbocycles. The first-order chi connectivity index (χ1) is 13.5. The van der Waals surface area contributed by atoms with Crippen molar-refractivity contribution in [3.8, 4) is 0 Å². The van der Waals surface area contributed by atoms with Crippen molar-refractivity contribution in [3.63, 3.8) is 0 Å². The van der Waals surface area contributed by atoms with Gasteiger partial charge in [0.1, 0.15) is 0 Å². The Morgan fingerprint density at radius 1 is 0.929 bits per heavy atom. The van der Waals surface area contributed by atoms with Crippen LogP contribution in [0.5, 0.6) is 0 Å². The lowest BCUT2D eigenvalue weighted by atomic mass is 10.2. The summed E-state index contributed by atoms with van der Waals surface area (Å²) < 4.78 is 0. The lowest BCUT2D eigenvalue weighted by Gasteiger charge is -2.36. The maximum atomic E-state index is 12.3. The van der Waals surface area contributed by atoms with Crippen LogP contribution in [0.4, 0.5) is 5.69 Å². The Bertz CT molecular complexity index is 984. The summed E-state index contributed by atoms with van der Waals surface area (Å²) in [5.41, 5.74) is 1.94. The van der Waals surface area contributed by atoms with Gasteiger partial charge in [-0.2, -0.15) is 4.99 Å². The molecule has 0 aromatic heterocycles. The number of hydrogen-bond donors (Lipinski definition) is 0. The first-order valence-electron chi connectivity index (χ1n) is 8.73. The van der Waals surface area contributed by atoms with Gasteiger partial charge in [-0.15, -0.1) is 0 Å². The zero-order valence-corrected chi connectivity index (χ0v) is 17.8. The van der Waals surface area contributed by atoms with Crippen LogP contribution in [0.2, 0.25) is 15.1 Å². The highest BCUT2D eigenvalue weighted by Gasteiger charge is 2.28. The molecule has 0 bridgehead atoms. The summed E-state index contributed by atoms with van der Waals surface area (Å²) in [7, 11) is 0. The zero-order chi connectivity index (χ0) is 19.7. The van der Waals surface area contributed by atoms with E-state index in [-0.39, 0.29) is 5.91 Å². The summed E-state index contributed by atoms with van der Waals surface area (Å²) >= 11 is 19.5. The SMILES string of the molecule is O=C1N=C(N2CCN(c3cccc(Cl)c3)CC2)S/C1=C\c1ccc(Cl)c(Cl)c1. The fourth-order valence-corrected chi connectivity index (χ4v) is 4.57. The molecule has 2 aliphatic heterocycles. The van der Waals surface area contributed by atoms with Crippen LogP contribution in [0.3, 0.4) is 0 Å². The number of halogens is 3. The van der Waals surface area contributed by atoms with Crippen LogP contribution < -0.4 is 4.90 Å². The third-order valence-electron chi connectivity index (χ3n) is 4.57. The van der Waals surface area contributed by atoms with E-state index >= 15 is 0 Å². The number of thioether (sulfide) groups is 1. The standard InChI is InChI=1S/C20H16Cl3N3OS/c21-14-2-1-3-15(12-14)25-6-8-26(9-7-25)20-24-19(27)18(28-20)11-13-4-5-16(22)17(23)10-13/h1-5,10-12H,6-9H2/b18-11-. The van der Waals surface area contributed by atoms with Crippen LogP contribution in [-0.4, -0.2) is 42.2 Å².